The fourth-order valence-electron chi connectivity index (χ4n) is 2.24. The molecule has 7 nitrogen and oxygen atoms in total. The maximum Gasteiger partial charge on any atom is 0.325 e. The van der Waals surface area contributed by atoms with Crippen LogP contribution in [0.1, 0.15) is 30.1 Å². The lowest BCUT2D eigenvalue weighted by molar-refractivity contribution is 0.0922. The van der Waals surface area contributed by atoms with Crippen LogP contribution in [0.5, 0.6) is 0 Å². The zero-order chi connectivity index (χ0) is 13.9. The van der Waals surface area contributed by atoms with Crippen molar-refractivity contribution in [1.29, 1.82) is 0 Å². The molecule has 1 amide bonds. The van der Waals surface area contributed by atoms with E-state index < -0.39 is 17.2 Å². The third-order valence-electron chi connectivity index (χ3n) is 3.43. The van der Waals surface area contributed by atoms with Crippen molar-refractivity contribution < 1.29 is 4.79 Å². The minimum atomic E-state index is -0.673. The van der Waals surface area contributed by atoms with Crippen LogP contribution in [0.25, 0.3) is 0 Å². The lowest BCUT2D eigenvalue weighted by Gasteiger charge is -2.34. The number of amides is 1. The first-order chi connectivity index (χ1) is 9.00. The lowest BCUT2D eigenvalue weighted by Crippen LogP contribution is -2.46. The Bertz CT molecular complexity index is 569. The topological polar surface area (TPSA) is 107 Å². The molecule has 19 heavy (non-hydrogen) atoms. The highest BCUT2D eigenvalue weighted by atomic mass is 16.2. The number of carbonyl (C=O) groups is 1. The van der Waals surface area contributed by atoms with Gasteiger partial charge in [-0.15, -0.1) is 0 Å². The molecular weight excluding hydrogens is 248 g/mol. The van der Waals surface area contributed by atoms with Crippen LogP contribution in [-0.4, -0.2) is 35.5 Å². The summed E-state index contributed by atoms with van der Waals surface area (Å²) in [5, 5.41) is 6.04. The number of carbonyl (C=O) groups excluding carboxylic acids is 1. The fourth-order valence-corrected chi connectivity index (χ4v) is 2.24. The van der Waals surface area contributed by atoms with Crippen LogP contribution < -0.4 is 21.9 Å². The molecule has 1 aliphatic rings. The first-order valence-electron chi connectivity index (χ1n) is 6.31. The van der Waals surface area contributed by atoms with E-state index in [2.05, 4.69) is 22.5 Å². The largest absolute Gasteiger partial charge is 0.351 e. The standard InChI is InChI=1S/C12H18N4O3/c1-12(3-2-4-13-6-12)7-15-9(17)8-5-14-11(19)16-10(8)18/h5,13H,2-4,6-7H2,1H3,(H,15,17)(H2,14,16,18,19). The highest BCUT2D eigenvalue weighted by Gasteiger charge is 2.27. The minimum Gasteiger partial charge on any atom is -0.351 e. The first kappa shape index (κ1) is 13.5. The molecule has 104 valence electrons. The molecule has 1 atom stereocenters. The van der Waals surface area contributed by atoms with E-state index in [4.69, 9.17) is 0 Å². The fraction of sp³-hybridized carbons (Fsp3) is 0.583. The number of nitrogens with one attached hydrogen (secondary N) is 4. The van der Waals surface area contributed by atoms with E-state index >= 15 is 0 Å². The average Bonchev–Trinajstić information content (AvgIpc) is 2.37. The predicted octanol–water partition coefficient (Wildman–Crippen LogP) is -0.817. The van der Waals surface area contributed by atoms with E-state index in [1.165, 1.54) is 0 Å². The van der Waals surface area contributed by atoms with Crippen LogP contribution >= 0.6 is 0 Å². The Morgan fingerprint density at radius 1 is 1.47 bits per heavy atom. The number of aromatic nitrogens is 2. The van der Waals surface area contributed by atoms with Gasteiger partial charge in [-0.3, -0.25) is 14.6 Å². The van der Waals surface area contributed by atoms with Gasteiger partial charge in [-0.2, -0.15) is 0 Å². The quantitative estimate of drug-likeness (QED) is 0.573. The summed E-state index contributed by atoms with van der Waals surface area (Å²) < 4.78 is 0. The van der Waals surface area contributed by atoms with Crippen molar-refractivity contribution in [3.8, 4) is 0 Å². The highest BCUT2D eigenvalue weighted by molar-refractivity contribution is 5.93. The third-order valence-corrected chi connectivity index (χ3v) is 3.43. The third kappa shape index (κ3) is 3.31. The van der Waals surface area contributed by atoms with Crippen molar-refractivity contribution >= 4 is 5.91 Å². The number of rotatable bonds is 3. The van der Waals surface area contributed by atoms with E-state index in [0.29, 0.717) is 6.54 Å². The molecule has 0 aromatic carbocycles. The summed E-state index contributed by atoms with van der Waals surface area (Å²) in [6, 6.07) is 0. The van der Waals surface area contributed by atoms with Crippen LogP contribution in [0.15, 0.2) is 15.8 Å². The van der Waals surface area contributed by atoms with Crippen molar-refractivity contribution in [3.63, 3.8) is 0 Å². The van der Waals surface area contributed by atoms with Gasteiger partial charge in [0.15, 0.2) is 0 Å². The van der Waals surface area contributed by atoms with Gasteiger partial charge < -0.3 is 15.6 Å². The van der Waals surface area contributed by atoms with Crippen molar-refractivity contribution in [3.05, 3.63) is 32.6 Å². The second-order valence-corrected chi connectivity index (χ2v) is 5.26. The van der Waals surface area contributed by atoms with Gasteiger partial charge in [0.25, 0.3) is 11.5 Å². The van der Waals surface area contributed by atoms with Crippen molar-refractivity contribution in [1.82, 2.24) is 20.6 Å². The predicted molar refractivity (Wildman–Crippen MR) is 70.2 cm³/mol. The molecule has 1 aromatic heterocycles. The summed E-state index contributed by atoms with van der Waals surface area (Å²) in [5.74, 6) is -0.468. The molecule has 1 aromatic rings. The molecular formula is C12H18N4O3. The molecule has 1 fully saturated rings. The minimum absolute atomic E-state index is 0.00284. The van der Waals surface area contributed by atoms with Crippen LogP contribution in [0, 0.1) is 5.41 Å². The van der Waals surface area contributed by atoms with E-state index in [0.717, 1.165) is 32.1 Å². The van der Waals surface area contributed by atoms with Crippen LogP contribution in [-0.2, 0) is 0 Å². The van der Waals surface area contributed by atoms with Crippen molar-refractivity contribution in [2.24, 2.45) is 5.41 Å². The molecule has 2 heterocycles. The summed E-state index contributed by atoms with van der Waals surface area (Å²) in [7, 11) is 0. The number of piperidine rings is 1. The number of H-pyrrole nitrogens is 2. The molecule has 7 heteroatoms. The maximum absolute atomic E-state index is 11.9. The molecule has 1 saturated heterocycles. The molecule has 0 bridgehead atoms. The Balaban J connectivity index is 2.01. The number of aromatic amines is 2. The highest BCUT2D eigenvalue weighted by Crippen LogP contribution is 2.24. The molecule has 2 rings (SSSR count). The van der Waals surface area contributed by atoms with Gasteiger partial charge in [-0.05, 0) is 24.8 Å². The van der Waals surface area contributed by atoms with Gasteiger partial charge in [-0.25, -0.2) is 4.79 Å². The van der Waals surface area contributed by atoms with E-state index in [9.17, 15) is 14.4 Å². The zero-order valence-electron chi connectivity index (χ0n) is 10.8. The van der Waals surface area contributed by atoms with E-state index in [1.807, 2.05) is 4.98 Å². The van der Waals surface area contributed by atoms with Gasteiger partial charge in [0.1, 0.15) is 5.56 Å². The number of hydrogen-bond acceptors (Lipinski definition) is 4. The summed E-state index contributed by atoms with van der Waals surface area (Å²) in [6.45, 7) is 4.44. The van der Waals surface area contributed by atoms with Crippen molar-refractivity contribution in [2.75, 3.05) is 19.6 Å². The molecule has 4 N–H and O–H groups in total. The number of hydrogen-bond donors (Lipinski definition) is 4. The maximum atomic E-state index is 11.9. The first-order valence-corrected chi connectivity index (χ1v) is 6.31. The molecule has 0 spiro atoms. The average molecular weight is 266 g/mol. The Hall–Kier alpha value is -1.89. The van der Waals surface area contributed by atoms with E-state index in [-0.39, 0.29) is 11.0 Å². The second-order valence-electron chi connectivity index (χ2n) is 5.26. The Labute approximate surface area is 109 Å². The molecule has 0 saturated carbocycles. The normalized spacial score (nSPS) is 23.0. The monoisotopic (exact) mass is 266 g/mol. The molecule has 1 unspecified atom stereocenters. The summed E-state index contributed by atoms with van der Waals surface area (Å²) in [6.07, 6.45) is 3.24. The van der Waals surface area contributed by atoms with Gasteiger partial charge in [-0.1, -0.05) is 6.92 Å². The summed E-state index contributed by atoms with van der Waals surface area (Å²) in [4.78, 5) is 38.5. The van der Waals surface area contributed by atoms with Crippen LogP contribution in [0.4, 0.5) is 0 Å². The molecule has 1 aliphatic heterocycles. The Morgan fingerprint density at radius 2 is 2.26 bits per heavy atom. The van der Waals surface area contributed by atoms with Crippen LogP contribution in [0.2, 0.25) is 0 Å². The second kappa shape index (κ2) is 5.40. The van der Waals surface area contributed by atoms with Gasteiger partial charge in [0.2, 0.25) is 0 Å². The Kier molecular flexibility index (Phi) is 3.84. The van der Waals surface area contributed by atoms with Crippen LogP contribution in [0.3, 0.4) is 0 Å². The molecule has 0 radical (unpaired) electrons. The smallest absolute Gasteiger partial charge is 0.325 e. The van der Waals surface area contributed by atoms with Gasteiger partial charge in [0, 0.05) is 19.3 Å². The van der Waals surface area contributed by atoms with Gasteiger partial charge >= 0.3 is 5.69 Å². The lowest BCUT2D eigenvalue weighted by atomic mass is 9.83. The van der Waals surface area contributed by atoms with Crippen molar-refractivity contribution in [2.45, 2.75) is 19.8 Å². The summed E-state index contributed by atoms with van der Waals surface area (Å²) >= 11 is 0. The molecule has 0 aliphatic carbocycles. The van der Waals surface area contributed by atoms with Gasteiger partial charge in [0.05, 0.1) is 0 Å². The summed E-state index contributed by atoms with van der Waals surface area (Å²) in [5.41, 5.74) is -1.37. The SMILES string of the molecule is CC1(CNC(=O)c2c[nH]c(=O)[nH]c2=O)CCCNC1. The zero-order valence-corrected chi connectivity index (χ0v) is 10.8. The Morgan fingerprint density at radius 3 is 2.89 bits per heavy atom. The van der Waals surface area contributed by atoms with E-state index in [1.54, 1.807) is 0 Å².